The van der Waals surface area contributed by atoms with E-state index in [4.69, 9.17) is 21.1 Å². The van der Waals surface area contributed by atoms with Gasteiger partial charge in [-0.2, -0.15) is 0 Å². The van der Waals surface area contributed by atoms with Crippen LogP contribution in [0.4, 0.5) is 10.7 Å². The van der Waals surface area contributed by atoms with Crippen LogP contribution < -0.4 is 9.62 Å². The normalized spacial score (nSPS) is 15.1. The average Bonchev–Trinajstić information content (AvgIpc) is 3.33. The van der Waals surface area contributed by atoms with Gasteiger partial charge < -0.3 is 14.8 Å². The second kappa shape index (κ2) is 13.7. The van der Waals surface area contributed by atoms with Gasteiger partial charge in [-0.3, -0.25) is 9.10 Å². The number of anilines is 2. The van der Waals surface area contributed by atoms with Crippen LogP contribution in [0.15, 0.2) is 66.1 Å². The summed E-state index contributed by atoms with van der Waals surface area (Å²) < 4.78 is 38.9. The summed E-state index contributed by atoms with van der Waals surface area (Å²) in [7, 11) is -4.10. The topological polar surface area (TPSA) is 119 Å². The maximum Gasteiger partial charge on any atom is 0.341 e. The number of thiophene rings is 1. The Kier molecular flexibility index (Phi) is 10.3. The van der Waals surface area contributed by atoms with Crippen molar-refractivity contribution in [2.24, 2.45) is 5.92 Å². The van der Waals surface area contributed by atoms with Gasteiger partial charge in [0.25, 0.3) is 15.9 Å². The molecule has 9 nitrogen and oxygen atoms in total. The Hall–Kier alpha value is -3.67. The van der Waals surface area contributed by atoms with E-state index >= 15 is 0 Å². The van der Waals surface area contributed by atoms with Crippen LogP contribution in [0.3, 0.4) is 0 Å². The first-order valence-corrected chi connectivity index (χ1v) is 16.4. The Morgan fingerprint density at radius 3 is 2.58 bits per heavy atom. The van der Waals surface area contributed by atoms with Gasteiger partial charge in [0, 0.05) is 9.90 Å². The monoisotopic (exact) mass is 644 g/mol. The number of fused-ring (bicyclic) bond motifs is 1. The molecule has 1 amide bonds. The Morgan fingerprint density at radius 2 is 1.91 bits per heavy atom. The van der Waals surface area contributed by atoms with Gasteiger partial charge in [0.1, 0.15) is 5.00 Å². The van der Waals surface area contributed by atoms with Gasteiger partial charge >= 0.3 is 11.9 Å². The van der Waals surface area contributed by atoms with E-state index in [1.807, 2.05) is 0 Å². The zero-order valence-corrected chi connectivity index (χ0v) is 26.5. The fourth-order valence-corrected chi connectivity index (χ4v) is 7.74. The highest BCUT2D eigenvalue weighted by molar-refractivity contribution is 7.92. The molecule has 1 heterocycles. The number of rotatable bonds is 11. The number of esters is 2. The quantitative estimate of drug-likeness (QED) is 0.193. The Bertz CT molecular complexity index is 1630. The summed E-state index contributed by atoms with van der Waals surface area (Å²) in [5.74, 6) is -1.56. The molecule has 2 aromatic carbocycles. The molecule has 12 heteroatoms. The first kappa shape index (κ1) is 32.2. The third-order valence-corrected chi connectivity index (χ3v) is 10.2. The van der Waals surface area contributed by atoms with E-state index in [0.717, 1.165) is 27.6 Å². The van der Waals surface area contributed by atoms with E-state index in [1.54, 1.807) is 31.2 Å². The van der Waals surface area contributed by atoms with E-state index in [2.05, 4.69) is 18.8 Å². The molecule has 1 N–H and O–H groups in total. The van der Waals surface area contributed by atoms with Crippen molar-refractivity contribution >= 4 is 61.5 Å². The third kappa shape index (κ3) is 7.29. The summed E-state index contributed by atoms with van der Waals surface area (Å²) >= 11 is 7.30. The molecule has 43 heavy (non-hydrogen) atoms. The van der Waals surface area contributed by atoms with Crippen LogP contribution in [-0.4, -0.2) is 45.5 Å². The first-order chi connectivity index (χ1) is 20.5. The lowest BCUT2D eigenvalue weighted by molar-refractivity contribution is -0.123. The minimum atomic E-state index is -4.10. The smallest absolute Gasteiger partial charge is 0.341 e. The Morgan fingerprint density at radius 1 is 1.19 bits per heavy atom. The molecule has 0 bridgehead atoms. The molecule has 0 spiro atoms. The van der Waals surface area contributed by atoms with Crippen molar-refractivity contribution in [2.75, 3.05) is 22.8 Å². The Labute approximate surface area is 260 Å². The number of sulfonamides is 1. The second-order valence-corrected chi connectivity index (χ2v) is 13.5. The summed E-state index contributed by atoms with van der Waals surface area (Å²) in [5, 5.41) is 3.56. The number of nitrogens with one attached hydrogen (secondary N) is 1. The number of ether oxygens (including phenoxy) is 2. The largest absolute Gasteiger partial charge is 0.462 e. The molecule has 1 aliphatic rings. The number of benzene rings is 2. The van der Waals surface area contributed by atoms with Gasteiger partial charge in [0.15, 0.2) is 6.10 Å². The van der Waals surface area contributed by atoms with Crippen molar-refractivity contribution in [3.8, 4) is 0 Å². The van der Waals surface area contributed by atoms with Crippen LogP contribution in [0, 0.1) is 5.92 Å². The second-order valence-electron chi connectivity index (χ2n) is 10.1. The molecule has 0 fully saturated rings. The van der Waals surface area contributed by atoms with Crippen LogP contribution >= 0.6 is 22.9 Å². The van der Waals surface area contributed by atoms with Gasteiger partial charge in [0.2, 0.25) is 0 Å². The number of nitrogens with zero attached hydrogens (tertiary/aromatic N) is 1. The van der Waals surface area contributed by atoms with Crippen molar-refractivity contribution in [2.45, 2.75) is 51.0 Å². The fraction of sp³-hybridized carbons (Fsp3) is 0.323. The fourth-order valence-electron chi connectivity index (χ4n) is 4.73. The highest BCUT2D eigenvalue weighted by atomic mass is 35.5. The standard InChI is InChI=1S/C31H33ClN2O7S2/c1-5-16-34(23-13-11-22(32)12-14-23)43(38,39)24-9-7-8-21(18-24)30(36)41-20(4)28(35)33-29-27(31(37)40-6-2)25-15-10-19(3)17-26(25)42-29/h5,7-9,11-14,18-20H,1,6,10,15-17H2,2-4H3,(H,33,35)/t19-,20+/m1/s1. The minimum absolute atomic E-state index is 0.0192. The van der Waals surface area contributed by atoms with Crippen molar-refractivity contribution < 1.29 is 32.3 Å². The summed E-state index contributed by atoms with van der Waals surface area (Å²) in [4.78, 5) is 39.8. The molecule has 0 radical (unpaired) electrons. The highest BCUT2D eigenvalue weighted by Crippen LogP contribution is 2.40. The van der Waals surface area contributed by atoms with Crippen LogP contribution in [0.25, 0.3) is 0 Å². The van der Waals surface area contributed by atoms with E-state index in [-0.39, 0.29) is 23.6 Å². The van der Waals surface area contributed by atoms with Crippen molar-refractivity contribution in [3.63, 3.8) is 0 Å². The minimum Gasteiger partial charge on any atom is -0.462 e. The maximum absolute atomic E-state index is 13.5. The molecule has 0 saturated carbocycles. The number of amides is 1. The van der Waals surface area contributed by atoms with E-state index in [1.165, 1.54) is 48.6 Å². The predicted octanol–water partition coefficient (Wildman–Crippen LogP) is 6.27. The molecule has 0 saturated heterocycles. The van der Waals surface area contributed by atoms with E-state index < -0.39 is 34.0 Å². The molecular formula is C31H33ClN2O7S2. The van der Waals surface area contributed by atoms with Crippen LogP contribution in [0.5, 0.6) is 0 Å². The number of halogens is 1. The predicted molar refractivity (Wildman–Crippen MR) is 168 cm³/mol. The third-order valence-electron chi connectivity index (χ3n) is 6.95. The molecule has 1 aromatic heterocycles. The summed E-state index contributed by atoms with van der Waals surface area (Å²) in [6, 6.07) is 11.7. The van der Waals surface area contributed by atoms with Crippen molar-refractivity contribution in [1.82, 2.24) is 0 Å². The average molecular weight is 645 g/mol. The zero-order valence-electron chi connectivity index (χ0n) is 24.1. The number of carbonyl (C=O) groups excluding carboxylic acids is 3. The molecule has 0 aliphatic heterocycles. The van der Waals surface area contributed by atoms with Gasteiger partial charge in [0.05, 0.1) is 34.9 Å². The molecule has 3 aromatic rings. The highest BCUT2D eigenvalue weighted by Gasteiger charge is 2.31. The SMILES string of the molecule is C=CCN(c1ccc(Cl)cc1)S(=O)(=O)c1cccc(C(=O)O[C@@H](C)C(=O)Nc2sc3c(c2C(=O)OCC)CC[C@@H](C)C3)c1. The van der Waals surface area contributed by atoms with E-state index in [9.17, 15) is 22.8 Å². The Balaban J connectivity index is 1.52. The lowest BCUT2D eigenvalue weighted by atomic mass is 9.88. The van der Waals surface area contributed by atoms with Gasteiger partial charge in [-0.15, -0.1) is 17.9 Å². The maximum atomic E-state index is 13.5. The lowest BCUT2D eigenvalue weighted by Crippen LogP contribution is -2.32. The van der Waals surface area contributed by atoms with Crippen LogP contribution in [-0.2, 0) is 37.1 Å². The molecule has 0 unspecified atom stereocenters. The van der Waals surface area contributed by atoms with E-state index in [0.29, 0.717) is 33.6 Å². The van der Waals surface area contributed by atoms with Gasteiger partial charge in [-0.05, 0) is 87.1 Å². The molecule has 1 aliphatic carbocycles. The summed E-state index contributed by atoms with van der Waals surface area (Å²) in [6.07, 6.45) is 2.64. The number of hydrogen-bond acceptors (Lipinski definition) is 8. The number of hydrogen-bond donors (Lipinski definition) is 1. The molecular weight excluding hydrogens is 612 g/mol. The zero-order chi connectivity index (χ0) is 31.3. The van der Waals surface area contributed by atoms with Crippen molar-refractivity contribution in [3.05, 3.63) is 87.8 Å². The summed E-state index contributed by atoms with van der Waals surface area (Å²) in [6.45, 7) is 9.09. The summed E-state index contributed by atoms with van der Waals surface area (Å²) in [5.41, 5.74) is 1.56. The van der Waals surface area contributed by atoms with Crippen LogP contribution in [0.2, 0.25) is 5.02 Å². The first-order valence-electron chi connectivity index (χ1n) is 13.8. The molecule has 2 atom stereocenters. The van der Waals surface area contributed by atoms with Crippen molar-refractivity contribution in [1.29, 1.82) is 0 Å². The van der Waals surface area contributed by atoms with Gasteiger partial charge in [-0.1, -0.05) is 30.7 Å². The molecule has 228 valence electrons. The van der Waals surface area contributed by atoms with Gasteiger partial charge in [-0.25, -0.2) is 18.0 Å². The lowest BCUT2D eigenvalue weighted by Gasteiger charge is -2.23. The number of carbonyl (C=O) groups is 3. The van der Waals surface area contributed by atoms with Crippen LogP contribution in [0.1, 0.15) is 58.3 Å². The molecule has 4 rings (SSSR count).